The van der Waals surface area contributed by atoms with E-state index in [4.69, 9.17) is 5.73 Å². The minimum absolute atomic E-state index is 0.159. The SMILES string of the molecule is CNC(c1cnccc1N)C1(N(C)C)CCCC1. The van der Waals surface area contributed by atoms with Crippen molar-refractivity contribution in [2.24, 2.45) is 0 Å². The number of rotatable bonds is 4. The highest BCUT2D eigenvalue weighted by atomic mass is 15.2. The quantitative estimate of drug-likeness (QED) is 0.853. The van der Waals surface area contributed by atoms with Gasteiger partial charge in [-0.1, -0.05) is 12.8 Å². The minimum atomic E-state index is 0.159. The van der Waals surface area contributed by atoms with E-state index in [0.29, 0.717) is 0 Å². The van der Waals surface area contributed by atoms with Crippen LogP contribution in [0.1, 0.15) is 37.3 Å². The van der Waals surface area contributed by atoms with Gasteiger partial charge in [-0.2, -0.15) is 0 Å². The Hall–Kier alpha value is -1.13. The van der Waals surface area contributed by atoms with E-state index in [2.05, 4.69) is 29.3 Å². The number of likely N-dealkylation sites (N-methyl/N-ethyl adjacent to an activating group) is 2. The van der Waals surface area contributed by atoms with Crippen molar-refractivity contribution < 1.29 is 0 Å². The fourth-order valence-electron chi connectivity index (χ4n) is 3.35. The van der Waals surface area contributed by atoms with E-state index >= 15 is 0 Å². The zero-order valence-corrected chi connectivity index (χ0v) is 11.6. The molecule has 3 N–H and O–H groups in total. The highest BCUT2D eigenvalue weighted by Gasteiger charge is 2.43. The second-order valence-electron chi connectivity index (χ2n) is 5.43. The molecule has 100 valence electrons. The molecule has 1 unspecified atom stereocenters. The molecule has 1 aliphatic rings. The predicted octanol–water partition coefficient (Wildman–Crippen LogP) is 1.80. The summed E-state index contributed by atoms with van der Waals surface area (Å²) in [4.78, 5) is 6.59. The zero-order chi connectivity index (χ0) is 13.2. The van der Waals surface area contributed by atoms with Gasteiger partial charge in [-0.25, -0.2) is 0 Å². The normalized spacial score (nSPS) is 20.2. The average molecular weight is 248 g/mol. The number of aromatic nitrogens is 1. The maximum Gasteiger partial charge on any atom is 0.0540 e. The van der Waals surface area contributed by atoms with Crippen LogP contribution in [0.5, 0.6) is 0 Å². The smallest absolute Gasteiger partial charge is 0.0540 e. The van der Waals surface area contributed by atoms with Gasteiger partial charge in [-0.3, -0.25) is 4.98 Å². The summed E-state index contributed by atoms with van der Waals surface area (Å²) >= 11 is 0. The molecule has 1 fully saturated rings. The molecule has 1 aromatic heterocycles. The van der Waals surface area contributed by atoms with E-state index in [0.717, 1.165) is 11.3 Å². The lowest BCUT2D eigenvalue weighted by molar-refractivity contribution is 0.109. The molecule has 1 saturated carbocycles. The number of hydrogen-bond donors (Lipinski definition) is 2. The van der Waals surface area contributed by atoms with E-state index in [-0.39, 0.29) is 11.6 Å². The van der Waals surface area contributed by atoms with Crippen molar-refractivity contribution in [3.05, 3.63) is 24.0 Å². The fraction of sp³-hybridized carbons (Fsp3) is 0.643. The maximum absolute atomic E-state index is 6.13. The zero-order valence-electron chi connectivity index (χ0n) is 11.6. The molecule has 0 saturated heterocycles. The van der Waals surface area contributed by atoms with Gasteiger partial charge < -0.3 is 16.0 Å². The lowest BCUT2D eigenvalue weighted by Crippen LogP contribution is -2.51. The lowest BCUT2D eigenvalue weighted by Gasteiger charge is -2.43. The molecule has 1 heterocycles. The largest absolute Gasteiger partial charge is 0.398 e. The predicted molar refractivity (Wildman–Crippen MR) is 75.3 cm³/mol. The summed E-state index contributed by atoms with van der Waals surface area (Å²) in [5.41, 5.74) is 8.24. The Balaban J connectivity index is 2.41. The van der Waals surface area contributed by atoms with Gasteiger partial charge in [0.15, 0.2) is 0 Å². The first-order valence-electron chi connectivity index (χ1n) is 6.66. The molecular formula is C14H24N4. The van der Waals surface area contributed by atoms with Gasteiger partial charge in [0.2, 0.25) is 0 Å². The van der Waals surface area contributed by atoms with Gasteiger partial charge in [0.05, 0.1) is 6.04 Å². The summed E-state index contributed by atoms with van der Waals surface area (Å²) in [5, 5.41) is 3.46. The van der Waals surface area contributed by atoms with Gasteiger partial charge in [0, 0.05) is 29.2 Å². The van der Waals surface area contributed by atoms with Crippen LogP contribution in [-0.4, -0.2) is 36.6 Å². The van der Waals surface area contributed by atoms with Gasteiger partial charge >= 0.3 is 0 Å². The number of nitrogen functional groups attached to an aromatic ring is 1. The number of nitrogens with two attached hydrogens (primary N) is 1. The van der Waals surface area contributed by atoms with Crippen molar-refractivity contribution in [1.82, 2.24) is 15.2 Å². The number of anilines is 1. The van der Waals surface area contributed by atoms with Crippen LogP contribution in [0.15, 0.2) is 18.5 Å². The van der Waals surface area contributed by atoms with Crippen LogP contribution in [0.4, 0.5) is 5.69 Å². The summed E-state index contributed by atoms with van der Waals surface area (Å²) in [6.45, 7) is 0. The molecule has 0 aliphatic heterocycles. The molecular weight excluding hydrogens is 224 g/mol. The third-order valence-electron chi connectivity index (χ3n) is 4.38. The number of pyridine rings is 1. The molecule has 0 spiro atoms. The van der Waals surface area contributed by atoms with Gasteiger partial charge in [0.1, 0.15) is 0 Å². The Morgan fingerprint density at radius 3 is 2.56 bits per heavy atom. The molecule has 2 rings (SSSR count). The summed E-state index contributed by atoms with van der Waals surface area (Å²) in [6, 6.07) is 2.13. The molecule has 1 aromatic rings. The molecule has 0 radical (unpaired) electrons. The first-order chi connectivity index (χ1) is 8.62. The first kappa shape index (κ1) is 13.3. The number of nitrogens with one attached hydrogen (secondary N) is 1. The van der Waals surface area contributed by atoms with E-state index in [1.54, 1.807) is 6.20 Å². The van der Waals surface area contributed by atoms with Crippen LogP contribution in [0.25, 0.3) is 0 Å². The first-order valence-corrected chi connectivity index (χ1v) is 6.66. The summed E-state index contributed by atoms with van der Waals surface area (Å²) < 4.78 is 0. The highest BCUT2D eigenvalue weighted by Crippen LogP contribution is 2.44. The summed E-state index contributed by atoms with van der Waals surface area (Å²) in [7, 11) is 6.35. The molecule has 0 aromatic carbocycles. The summed E-state index contributed by atoms with van der Waals surface area (Å²) in [6.07, 6.45) is 8.65. The van der Waals surface area contributed by atoms with E-state index in [1.165, 1.54) is 25.7 Å². The van der Waals surface area contributed by atoms with Crippen molar-refractivity contribution >= 4 is 5.69 Å². The number of hydrogen-bond acceptors (Lipinski definition) is 4. The fourth-order valence-corrected chi connectivity index (χ4v) is 3.35. The van der Waals surface area contributed by atoms with Gasteiger partial charge in [0.25, 0.3) is 0 Å². The van der Waals surface area contributed by atoms with Gasteiger partial charge in [-0.15, -0.1) is 0 Å². The molecule has 0 bridgehead atoms. The van der Waals surface area contributed by atoms with Crippen molar-refractivity contribution in [2.45, 2.75) is 37.3 Å². The molecule has 0 amide bonds. The molecule has 18 heavy (non-hydrogen) atoms. The van der Waals surface area contributed by atoms with Crippen LogP contribution < -0.4 is 11.1 Å². The van der Waals surface area contributed by atoms with Crippen LogP contribution >= 0.6 is 0 Å². The van der Waals surface area contributed by atoms with Crippen LogP contribution in [0.2, 0.25) is 0 Å². The lowest BCUT2D eigenvalue weighted by atomic mass is 9.82. The molecule has 4 nitrogen and oxygen atoms in total. The highest BCUT2D eigenvalue weighted by molar-refractivity contribution is 5.47. The monoisotopic (exact) mass is 248 g/mol. The number of nitrogens with zero attached hydrogens (tertiary/aromatic N) is 2. The Bertz CT molecular complexity index is 397. The van der Waals surface area contributed by atoms with Crippen LogP contribution in [0.3, 0.4) is 0 Å². The van der Waals surface area contributed by atoms with Crippen LogP contribution in [0, 0.1) is 0 Å². The van der Waals surface area contributed by atoms with Crippen molar-refractivity contribution in [3.8, 4) is 0 Å². The minimum Gasteiger partial charge on any atom is -0.398 e. The Morgan fingerprint density at radius 1 is 1.39 bits per heavy atom. The Morgan fingerprint density at radius 2 is 2.06 bits per heavy atom. The third kappa shape index (κ3) is 2.10. The average Bonchev–Trinajstić information content (AvgIpc) is 2.83. The van der Waals surface area contributed by atoms with Crippen molar-refractivity contribution in [3.63, 3.8) is 0 Å². The second-order valence-corrected chi connectivity index (χ2v) is 5.43. The second kappa shape index (κ2) is 5.24. The Kier molecular flexibility index (Phi) is 3.88. The topological polar surface area (TPSA) is 54.2 Å². The summed E-state index contributed by atoms with van der Waals surface area (Å²) in [5.74, 6) is 0. The van der Waals surface area contributed by atoms with Crippen molar-refractivity contribution in [1.29, 1.82) is 0 Å². The Labute approximate surface area is 110 Å². The van der Waals surface area contributed by atoms with E-state index in [1.807, 2.05) is 19.3 Å². The maximum atomic E-state index is 6.13. The molecule has 1 aliphatic carbocycles. The van der Waals surface area contributed by atoms with Crippen LogP contribution in [-0.2, 0) is 0 Å². The third-order valence-corrected chi connectivity index (χ3v) is 4.38. The standard InChI is InChI=1S/C14H24N4/c1-16-13(11-10-17-9-6-12(11)15)14(18(2)3)7-4-5-8-14/h6,9-10,13,16H,4-5,7-8H2,1-3H3,(H2,15,17). The van der Waals surface area contributed by atoms with E-state index in [9.17, 15) is 0 Å². The molecule has 4 heteroatoms. The van der Waals surface area contributed by atoms with E-state index < -0.39 is 0 Å². The van der Waals surface area contributed by atoms with Gasteiger partial charge in [-0.05, 0) is 40.1 Å². The molecule has 1 atom stereocenters. The van der Waals surface area contributed by atoms with Crippen molar-refractivity contribution in [2.75, 3.05) is 26.9 Å².